The molecule has 214 valence electrons. The Morgan fingerprint density at radius 2 is 1.12 bits per heavy atom. The molecule has 43 heavy (non-hydrogen) atoms. The van der Waals surface area contributed by atoms with E-state index >= 15 is 0 Å². The summed E-state index contributed by atoms with van der Waals surface area (Å²) >= 11 is 0. The van der Waals surface area contributed by atoms with Gasteiger partial charge in [-0.3, -0.25) is 9.59 Å². The molecule has 6 aromatic carbocycles. The minimum atomic E-state index is -0.162. The van der Waals surface area contributed by atoms with E-state index in [0.29, 0.717) is 43.5 Å². The van der Waals surface area contributed by atoms with Crippen LogP contribution < -0.4 is 4.74 Å². The predicted octanol–water partition coefficient (Wildman–Crippen LogP) is 9.08. The molecule has 0 aliphatic rings. The number of hydrogen-bond donors (Lipinski definition) is 0. The van der Waals surface area contributed by atoms with Crippen molar-refractivity contribution in [3.8, 4) is 16.9 Å². The third-order valence-electron chi connectivity index (χ3n) is 7.74. The molecular formula is C38H33O4P. The van der Waals surface area contributed by atoms with Crippen molar-refractivity contribution >= 4 is 42.2 Å². The van der Waals surface area contributed by atoms with E-state index in [9.17, 15) is 9.59 Å². The number of hydrogen-bond acceptors (Lipinski definition) is 4. The summed E-state index contributed by atoms with van der Waals surface area (Å²) in [5.74, 6) is 0.436. The van der Waals surface area contributed by atoms with Crippen molar-refractivity contribution in [2.45, 2.75) is 20.8 Å². The summed E-state index contributed by atoms with van der Waals surface area (Å²) in [6, 6.07) is 37.1. The molecule has 1 unspecified atom stereocenters. The van der Waals surface area contributed by atoms with Crippen molar-refractivity contribution in [3.63, 3.8) is 0 Å². The molecule has 6 rings (SSSR count). The number of ether oxygens (including phenoxy) is 1. The predicted molar refractivity (Wildman–Crippen MR) is 179 cm³/mol. The van der Waals surface area contributed by atoms with Crippen LogP contribution in [0, 0.1) is 13.8 Å². The summed E-state index contributed by atoms with van der Waals surface area (Å²) in [5.41, 5.74) is 5.35. The molecule has 0 fully saturated rings. The van der Waals surface area contributed by atoms with Crippen molar-refractivity contribution in [2.24, 2.45) is 0 Å². The standard InChI is InChI=1S/C38H30O3.H3OP/c1-4-41-29-22-20-28(21-23-29)32-14-9-15-33(37(39)34-24(2)16-18-26-10-5-7-12-30(26)34)36(32)38(40)35-25(3)17-19-27-11-6-8-13-31(27)35;1-2/h5-23H,4H2,1-3H3;2H3. The van der Waals surface area contributed by atoms with Gasteiger partial charge in [-0.2, -0.15) is 0 Å². The zero-order valence-corrected chi connectivity index (χ0v) is 25.9. The van der Waals surface area contributed by atoms with E-state index in [1.165, 1.54) is 0 Å². The van der Waals surface area contributed by atoms with E-state index in [2.05, 4.69) is 0 Å². The van der Waals surface area contributed by atoms with Gasteiger partial charge in [0.2, 0.25) is 0 Å². The number of benzene rings is 6. The molecule has 0 aromatic heterocycles. The van der Waals surface area contributed by atoms with Crippen LogP contribution in [-0.4, -0.2) is 18.2 Å². The molecule has 0 N–H and O–H groups in total. The van der Waals surface area contributed by atoms with Gasteiger partial charge < -0.3 is 9.30 Å². The van der Waals surface area contributed by atoms with Crippen molar-refractivity contribution in [3.05, 3.63) is 149 Å². The second-order valence-corrected chi connectivity index (χ2v) is 10.3. The lowest BCUT2D eigenvalue weighted by Crippen LogP contribution is -2.15. The number of carbonyl (C=O) groups excluding carboxylic acids is 2. The maximum Gasteiger partial charge on any atom is 0.195 e. The van der Waals surface area contributed by atoms with Crippen molar-refractivity contribution in [2.75, 3.05) is 6.61 Å². The fourth-order valence-electron chi connectivity index (χ4n) is 5.75. The van der Waals surface area contributed by atoms with Crippen LogP contribution >= 0.6 is 9.12 Å². The van der Waals surface area contributed by atoms with E-state index in [1.807, 2.05) is 130 Å². The van der Waals surface area contributed by atoms with Gasteiger partial charge in [0.05, 0.1) is 15.7 Å². The van der Waals surface area contributed by atoms with Gasteiger partial charge in [-0.05, 0) is 76.7 Å². The quantitative estimate of drug-likeness (QED) is 0.139. The maximum atomic E-state index is 14.8. The number of ketones is 2. The Hall–Kier alpha value is -4.79. The Balaban J connectivity index is 0.00000180. The minimum Gasteiger partial charge on any atom is -0.494 e. The summed E-state index contributed by atoms with van der Waals surface area (Å²) < 4.78 is 13.9. The molecule has 0 radical (unpaired) electrons. The highest BCUT2D eigenvalue weighted by Gasteiger charge is 2.27. The first kappa shape index (κ1) is 29.7. The molecule has 0 aliphatic carbocycles. The monoisotopic (exact) mass is 584 g/mol. The molecule has 5 heteroatoms. The first-order valence-corrected chi connectivity index (χ1v) is 14.8. The number of rotatable bonds is 7. The molecule has 0 bridgehead atoms. The third kappa shape index (κ3) is 5.67. The fourth-order valence-corrected chi connectivity index (χ4v) is 5.75. The second kappa shape index (κ2) is 13.0. The van der Waals surface area contributed by atoms with Gasteiger partial charge in [-0.15, -0.1) is 0 Å². The van der Waals surface area contributed by atoms with Gasteiger partial charge in [-0.25, -0.2) is 0 Å². The van der Waals surface area contributed by atoms with Gasteiger partial charge in [0.1, 0.15) is 5.75 Å². The molecule has 0 amide bonds. The first-order chi connectivity index (χ1) is 21.0. The number of carbonyl (C=O) groups is 2. The molecular weight excluding hydrogens is 551 g/mol. The van der Waals surface area contributed by atoms with Crippen molar-refractivity contribution in [1.82, 2.24) is 0 Å². The number of aryl methyl sites for hydroxylation is 2. The lowest BCUT2D eigenvalue weighted by Gasteiger charge is -2.18. The average molecular weight is 585 g/mol. The molecule has 0 saturated heterocycles. The SMILES string of the molecule is CCOc1ccc(-c2cccc(C(=O)c3c(C)ccc4ccccc34)c2C(=O)c2c(C)ccc3ccccc23)cc1.O=[PH3]. The fraction of sp³-hybridized carbons (Fsp3) is 0.105. The molecule has 0 saturated carbocycles. The van der Waals surface area contributed by atoms with Crippen LogP contribution in [-0.2, 0) is 4.57 Å². The van der Waals surface area contributed by atoms with Crippen LogP contribution in [0.4, 0.5) is 0 Å². The highest BCUT2D eigenvalue weighted by molar-refractivity contribution is 7.00. The summed E-state index contributed by atoms with van der Waals surface area (Å²) in [6.07, 6.45) is 0. The molecule has 0 aliphatic heterocycles. The normalized spacial score (nSPS) is 10.8. The van der Waals surface area contributed by atoms with E-state index in [0.717, 1.165) is 44.0 Å². The van der Waals surface area contributed by atoms with Gasteiger partial charge in [0.15, 0.2) is 11.6 Å². The first-order valence-electron chi connectivity index (χ1n) is 14.2. The van der Waals surface area contributed by atoms with Crippen molar-refractivity contribution < 1.29 is 18.9 Å². The Labute approximate surface area is 253 Å². The van der Waals surface area contributed by atoms with Gasteiger partial charge >= 0.3 is 0 Å². The molecule has 0 spiro atoms. The average Bonchev–Trinajstić information content (AvgIpc) is 3.05. The molecule has 0 heterocycles. The van der Waals surface area contributed by atoms with Crippen LogP contribution in [0.15, 0.2) is 115 Å². The summed E-state index contributed by atoms with van der Waals surface area (Å²) in [7, 11) is 0.611. The van der Waals surface area contributed by atoms with Crippen molar-refractivity contribution in [1.29, 1.82) is 0 Å². The van der Waals surface area contributed by atoms with Crippen LogP contribution in [0.5, 0.6) is 5.75 Å². The Morgan fingerprint density at radius 3 is 1.67 bits per heavy atom. The lowest BCUT2D eigenvalue weighted by atomic mass is 9.83. The largest absolute Gasteiger partial charge is 0.494 e. The van der Waals surface area contributed by atoms with E-state index in [4.69, 9.17) is 9.30 Å². The number of fused-ring (bicyclic) bond motifs is 2. The summed E-state index contributed by atoms with van der Waals surface area (Å²) in [6.45, 7) is 6.42. The van der Waals surface area contributed by atoms with Gasteiger partial charge in [0, 0.05) is 22.3 Å². The zero-order valence-electron chi connectivity index (χ0n) is 24.5. The van der Waals surface area contributed by atoms with Crippen LogP contribution in [0.1, 0.15) is 49.9 Å². The highest BCUT2D eigenvalue weighted by atomic mass is 31.0. The molecule has 6 aromatic rings. The van der Waals surface area contributed by atoms with Crippen LogP contribution in [0.3, 0.4) is 0 Å². The summed E-state index contributed by atoms with van der Waals surface area (Å²) in [5, 5.41) is 3.72. The second-order valence-electron chi connectivity index (χ2n) is 10.3. The van der Waals surface area contributed by atoms with E-state index in [1.54, 1.807) is 6.07 Å². The summed E-state index contributed by atoms with van der Waals surface area (Å²) in [4.78, 5) is 29.3. The zero-order chi connectivity index (χ0) is 30.5. The smallest absolute Gasteiger partial charge is 0.195 e. The topological polar surface area (TPSA) is 60.4 Å². The Bertz CT molecular complexity index is 1980. The van der Waals surface area contributed by atoms with Gasteiger partial charge in [0.25, 0.3) is 0 Å². The van der Waals surface area contributed by atoms with E-state index in [-0.39, 0.29) is 11.6 Å². The van der Waals surface area contributed by atoms with E-state index < -0.39 is 0 Å². The highest BCUT2D eigenvalue weighted by Crippen LogP contribution is 2.35. The minimum absolute atomic E-state index is 0.159. The Morgan fingerprint density at radius 1 is 0.581 bits per heavy atom. The third-order valence-corrected chi connectivity index (χ3v) is 7.74. The maximum absolute atomic E-state index is 14.8. The van der Waals surface area contributed by atoms with Crippen LogP contribution in [0.25, 0.3) is 32.7 Å². The Kier molecular flexibility index (Phi) is 8.99. The van der Waals surface area contributed by atoms with Gasteiger partial charge in [-0.1, -0.05) is 103 Å². The van der Waals surface area contributed by atoms with Crippen LogP contribution in [0.2, 0.25) is 0 Å². The molecule has 1 atom stereocenters. The molecule has 4 nitrogen and oxygen atoms in total. The lowest BCUT2D eigenvalue weighted by molar-refractivity contribution is 0.100.